The fraction of sp³-hybridized carbons (Fsp3) is 0.480. The zero-order chi connectivity index (χ0) is 26.6. The van der Waals surface area contributed by atoms with E-state index in [0.717, 1.165) is 0 Å². The van der Waals surface area contributed by atoms with Gasteiger partial charge in [0.25, 0.3) is 5.69 Å². The van der Waals surface area contributed by atoms with Crippen LogP contribution in [0.15, 0.2) is 35.7 Å². The van der Waals surface area contributed by atoms with Crippen molar-refractivity contribution in [3.8, 4) is 0 Å². The third-order valence-corrected chi connectivity index (χ3v) is 6.61. The molecule has 1 aromatic heterocycles. The number of nitro groups is 1. The highest BCUT2D eigenvalue weighted by Gasteiger charge is 2.38. The molecule has 1 aromatic carbocycles. The van der Waals surface area contributed by atoms with Gasteiger partial charge in [-0.1, -0.05) is 12.1 Å². The van der Waals surface area contributed by atoms with Crippen LogP contribution >= 0.6 is 0 Å². The van der Waals surface area contributed by atoms with E-state index in [0.29, 0.717) is 87.0 Å². The molecule has 13 nitrogen and oxygen atoms in total. The van der Waals surface area contributed by atoms with Gasteiger partial charge < -0.3 is 34.1 Å². The Balaban J connectivity index is 1.69. The molecule has 0 aliphatic carbocycles. The van der Waals surface area contributed by atoms with Crippen molar-refractivity contribution in [1.29, 1.82) is 0 Å². The molecule has 3 aliphatic heterocycles. The number of fused-ring (bicyclic) bond motifs is 1. The van der Waals surface area contributed by atoms with Crippen molar-refractivity contribution >= 4 is 29.4 Å². The molecule has 38 heavy (non-hydrogen) atoms. The number of rotatable bonds is 6. The predicted octanol–water partition coefficient (Wildman–Crippen LogP) is 3.02. The summed E-state index contributed by atoms with van der Waals surface area (Å²) in [6.07, 6.45) is -0.860. The molecule has 0 spiro atoms. The van der Waals surface area contributed by atoms with E-state index in [-0.39, 0.29) is 18.1 Å². The predicted molar refractivity (Wildman–Crippen MR) is 137 cm³/mol. The number of allylic oxidation sites excluding steroid dienone is 2. The molecule has 1 unspecified atom stereocenters. The Labute approximate surface area is 219 Å². The topological polar surface area (TPSA) is 141 Å². The molecule has 5 rings (SSSR count). The molecule has 2 saturated heterocycles. The van der Waals surface area contributed by atoms with Crippen LogP contribution in [0.25, 0.3) is 0 Å². The molecule has 0 radical (unpaired) electrons. The number of non-ortho nitro benzene ring substituents is 1. The van der Waals surface area contributed by atoms with Gasteiger partial charge in [-0.3, -0.25) is 10.1 Å². The van der Waals surface area contributed by atoms with Crippen LogP contribution < -0.4 is 15.1 Å². The van der Waals surface area contributed by atoms with Crippen molar-refractivity contribution in [2.45, 2.75) is 19.8 Å². The molecule has 2 fully saturated rings. The number of aromatic nitrogens is 2. The van der Waals surface area contributed by atoms with Crippen molar-refractivity contribution in [2.75, 3.05) is 74.3 Å². The highest BCUT2D eigenvalue weighted by atomic mass is 16.7. The zero-order valence-electron chi connectivity index (χ0n) is 21.3. The Morgan fingerprint density at radius 1 is 1.13 bits per heavy atom. The van der Waals surface area contributed by atoms with Crippen LogP contribution in [0.3, 0.4) is 0 Å². The highest BCUT2D eigenvalue weighted by Crippen LogP contribution is 2.46. The van der Waals surface area contributed by atoms with E-state index in [1.165, 1.54) is 12.1 Å². The fourth-order valence-corrected chi connectivity index (χ4v) is 4.82. The second-order valence-corrected chi connectivity index (χ2v) is 8.99. The first-order chi connectivity index (χ1) is 18.5. The number of nitrogens with zero attached hydrogens (tertiary/aromatic N) is 5. The Morgan fingerprint density at radius 2 is 1.82 bits per heavy atom. The van der Waals surface area contributed by atoms with Crippen LogP contribution in [0.4, 0.5) is 28.1 Å². The molecule has 1 N–H and O–H groups in total. The summed E-state index contributed by atoms with van der Waals surface area (Å²) in [4.78, 5) is 37.7. The first-order valence-electron chi connectivity index (χ1n) is 12.6. The normalized spacial score (nSPS) is 19.5. The number of carbonyl (C=O) groups excluding carboxylic acids is 1. The van der Waals surface area contributed by atoms with E-state index in [4.69, 9.17) is 28.9 Å². The van der Waals surface area contributed by atoms with Gasteiger partial charge in [-0.25, -0.2) is 4.79 Å². The lowest BCUT2D eigenvalue weighted by Crippen LogP contribution is -2.41. The Hall–Kier alpha value is -3.97. The van der Waals surface area contributed by atoms with Gasteiger partial charge in [-0.15, -0.1) is 0 Å². The van der Waals surface area contributed by atoms with Gasteiger partial charge in [0.15, 0.2) is 0 Å². The number of nitrogens with one attached hydrogen (secondary N) is 1. The summed E-state index contributed by atoms with van der Waals surface area (Å²) in [6.45, 7) is 8.32. The van der Waals surface area contributed by atoms with Crippen LogP contribution in [0, 0.1) is 10.1 Å². The SMILES string of the molecule is CCOC(=O)OC1=C(C)Nc2nc(N3CCOCC3)nc(N3CCOCC3)c2C1c1cccc([N+](=O)[O-])c1. The third kappa shape index (κ3) is 5.20. The maximum absolute atomic E-state index is 12.5. The summed E-state index contributed by atoms with van der Waals surface area (Å²) in [7, 11) is 0. The highest BCUT2D eigenvalue weighted by molar-refractivity contribution is 5.73. The summed E-state index contributed by atoms with van der Waals surface area (Å²) in [6, 6.07) is 6.30. The summed E-state index contributed by atoms with van der Waals surface area (Å²) >= 11 is 0. The summed E-state index contributed by atoms with van der Waals surface area (Å²) in [5.41, 5.74) is 1.70. The molecule has 13 heteroatoms. The number of nitro benzene ring substituents is 1. The van der Waals surface area contributed by atoms with Crippen molar-refractivity contribution in [3.05, 3.63) is 57.0 Å². The minimum absolute atomic E-state index is 0.0745. The standard InChI is InChI=1S/C25H30N6O7/c1-3-37-25(32)38-21-16(2)26-22-20(19(21)17-5-4-6-18(15-17)31(33)34)23(29-7-11-35-12-8-29)28-24(27-22)30-9-13-36-14-10-30/h4-6,15,19H,3,7-14H2,1-2H3,(H,26,27,28). The van der Waals surface area contributed by atoms with Gasteiger partial charge >= 0.3 is 6.16 Å². The molecule has 202 valence electrons. The lowest BCUT2D eigenvalue weighted by molar-refractivity contribution is -0.384. The van der Waals surface area contributed by atoms with Crippen LogP contribution in [-0.4, -0.2) is 80.3 Å². The number of carbonyl (C=O) groups is 1. The summed E-state index contributed by atoms with van der Waals surface area (Å²) in [5.74, 6) is 1.33. The van der Waals surface area contributed by atoms with Crippen LogP contribution in [0.5, 0.6) is 0 Å². The van der Waals surface area contributed by atoms with E-state index in [2.05, 4.69) is 15.1 Å². The van der Waals surface area contributed by atoms with Crippen LogP contribution in [-0.2, 0) is 18.9 Å². The van der Waals surface area contributed by atoms with Gasteiger partial charge in [0.2, 0.25) is 5.95 Å². The number of morpholine rings is 2. The third-order valence-electron chi connectivity index (χ3n) is 6.61. The molecule has 0 bridgehead atoms. The Bertz CT molecular complexity index is 1240. The Kier molecular flexibility index (Phi) is 7.56. The van der Waals surface area contributed by atoms with Crippen molar-refractivity contribution in [2.24, 2.45) is 0 Å². The van der Waals surface area contributed by atoms with Gasteiger partial charge in [-0.2, -0.15) is 9.97 Å². The van der Waals surface area contributed by atoms with E-state index in [1.807, 2.05) is 0 Å². The van der Waals surface area contributed by atoms with Crippen LogP contribution in [0.1, 0.15) is 30.9 Å². The lowest BCUT2D eigenvalue weighted by atomic mass is 9.86. The average Bonchev–Trinajstić information content (AvgIpc) is 2.94. The minimum Gasteiger partial charge on any atom is -0.434 e. The van der Waals surface area contributed by atoms with Crippen molar-refractivity contribution in [3.63, 3.8) is 0 Å². The fourth-order valence-electron chi connectivity index (χ4n) is 4.82. The zero-order valence-corrected chi connectivity index (χ0v) is 21.3. The van der Waals surface area contributed by atoms with E-state index in [9.17, 15) is 14.9 Å². The molecule has 3 aliphatic rings. The quantitative estimate of drug-likeness (QED) is 0.336. The van der Waals surface area contributed by atoms with Crippen LogP contribution in [0.2, 0.25) is 0 Å². The van der Waals surface area contributed by atoms with Gasteiger partial charge in [0, 0.05) is 38.3 Å². The first kappa shape index (κ1) is 25.7. The summed E-state index contributed by atoms with van der Waals surface area (Å²) < 4.78 is 21.9. The van der Waals surface area contributed by atoms with Gasteiger partial charge in [0.1, 0.15) is 17.4 Å². The smallest absolute Gasteiger partial charge is 0.434 e. The maximum atomic E-state index is 12.5. The average molecular weight is 527 g/mol. The van der Waals surface area contributed by atoms with E-state index < -0.39 is 17.0 Å². The van der Waals surface area contributed by atoms with E-state index >= 15 is 0 Å². The lowest BCUT2D eigenvalue weighted by Gasteiger charge is -2.36. The van der Waals surface area contributed by atoms with Gasteiger partial charge in [-0.05, 0) is 19.4 Å². The molecular weight excluding hydrogens is 496 g/mol. The first-order valence-corrected chi connectivity index (χ1v) is 12.6. The molecule has 1 atom stereocenters. The summed E-state index contributed by atoms with van der Waals surface area (Å²) in [5, 5.41) is 14.9. The molecule has 0 saturated carbocycles. The molecule has 4 heterocycles. The minimum atomic E-state index is -0.860. The second-order valence-electron chi connectivity index (χ2n) is 8.99. The number of hydrogen-bond donors (Lipinski definition) is 1. The molecular formula is C25H30N6O7. The largest absolute Gasteiger partial charge is 0.513 e. The number of ether oxygens (including phenoxy) is 4. The number of hydrogen-bond acceptors (Lipinski definition) is 12. The molecule has 2 aromatic rings. The number of benzene rings is 1. The number of anilines is 3. The monoisotopic (exact) mass is 526 g/mol. The molecule has 0 amide bonds. The second kappa shape index (κ2) is 11.2. The van der Waals surface area contributed by atoms with Crippen molar-refractivity contribution in [1.82, 2.24) is 9.97 Å². The maximum Gasteiger partial charge on any atom is 0.513 e. The van der Waals surface area contributed by atoms with Gasteiger partial charge in [0.05, 0.1) is 55.1 Å². The van der Waals surface area contributed by atoms with E-state index in [1.54, 1.807) is 26.0 Å². The van der Waals surface area contributed by atoms with Crippen molar-refractivity contribution < 1.29 is 28.7 Å². The Morgan fingerprint density at radius 3 is 2.47 bits per heavy atom.